The highest BCUT2D eigenvalue weighted by Gasteiger charge is 2.44. The molecule has 3 aliphatic heterocycles. The van der Waals surface area contributed by atoms with Gasteiger partial charge in [0.15, 0.2) is 0 Å². The third-order valence-corrected chi connectivity index (χ3v) is 8.50. The van der Waals surface area contributed by atoms with E-state index in [4.69, 9.17) is 4.74 Å². The van der Waals surface area contributed by atoms with Crippen LogP contribution in [-0.4, -0.2) is 63.1 Å². The van der Waals surface area contributed by atoms with Crippen LogP contribution < -0.4 is 0 Å². The van der Waals surface area contributed by atoms with Crippen LogP contribution >= 0.6 is 0 Å². The molecule has 0 saturated carbocycles. The minimum Gasteiger partial charge on any atom is -0.376 e. The molecule has 1 atom stereocenters. The summed E-state index contributed by atoms with van der Waals surface area (Å²) in [5.74, 6) is 0. The van der Waals surface area contributed by atoms with Crippen LogP contribution in [-0.2, 0) is 14.8 Å². The second-order valence-corrected chi connectivity index (χ2v) is 10.2. The summed E-state index contributed by atoms with van der Waals surface area (Å²) in [6.07, 6.45) is 5.85. The molecular formula is C20H30N2O3S. The Morgan fingerprint density at radius 3 is 2.50 bits per heavy atom. The van der Waals surface area contributed by atoms with Crippen molar-refractivity contribution in [1.82, 2.24) is 9.21 Å². The number of benzene rings is 1. The fourth-order valence-electron chi connectivity index (χ4n) is 4.80. The van der Waals surface area contributed by atoms with Gasteiger partial charge in [0, 0.05) is 19.6 Å². The predicted octanol–water partition coefficient (Wildman–Crippen LogP) is 2.65. The van der Waals surface area contributed by atoms with E-state index in [1.54, 1.807) is 16.4 Å². The van der Waals surface area contributed by atoms with Crippen LogP contribution in [0.4, 0.5) is 0 Å². The molecule has 1 spiro atoms. The fraction of sp³-hybridized carbons (Fsp3) is 0.700. The van der Waals surface area contributed by atoms with Gasteiger partial charge in [0.05, 0.1) is 17.6 Å². The van der Waals surface area contributed by atoms with Gasteiger partial charge in [0.2, 0.25) is 10.0 Å². The molecule has 0 aliphatic carbocycles. The van der Waals surface area contributed by atoms with Crippen LogP contribution in [0.1, 0.15) is 37.7 Å². The molecule has 5 nitrogen and oxygen atoms in total. The number of rotatable bonds is 4. The van der Waals surface area contributed by atoms with E-state index in [1.807, 2.05) is 19.1 Å². The molecule has 3 fully saturated rings. The largest absolute Gasteiger partial charge is 0.376 e. The molecule has 1 unspecified atom stereocenters. The summed E-state index contributed by atoms with van der Waals surface area (Å²) in [7, 11) is -3.39. The summed E-state index contributed by atoms with van der Waals surface area (Å²) >= 11 is 0. The Balaban J connectivity index is 1.37. The van der Waals surface area contributed by atoms with Gasteiger partial charge in [-0.05, 0) is 69.2 Å². The molecule has 0 aromatic heterocycles. The lowest BCUT2D eigenvalue weighted by atomic mass is 9.77. The summed E-state index contributed by atoms with van der Waals surface area (Å²) in [5.41, 5.74) is 1.00. The molecule has 3 aliphatic rings. The van der Waals surface area contributed by atoms with Crippen molar-refractivity contribution in [2.24, 2.45) is 5.41 Å². The summed E-state index contributed by atoms with van der Waals surface area (Å²) in [6.45, 7) is 7.33. The van der Waals surface area contributed by atoms with E-state index in [2.05, 4.69) is 4.90 Å². The molecule has 26 heavy (non-hydrogen) atoms. The van der Waals surface area contributed by atoms with Crippen molar-refractivity contribution in [1.29, 1.82) is 0 Å². The summed E-state index contributed by atoms with van der Waals surface area (Å²) < 4.78 is 33.8. The van der Waals surface area contributed by atoms with Crippen molar-refractivity contribution in [2.75, 3.05) is 39.3 Å². The monoisotopic (exact) mass is 378 g/mol. The van der Waals surface area contributed by atoms with Crippen molar-refractivity contribution in [2.45, 2.75) is 50.0 Å². The standard InChI is InChI=1S/C20H30N2O3S/c1-17-6-2-3-7-19(17)26(23,24)22-12-8-20(9-13-22)14-18(25-16-20)15-21-10-4-5-11-21/h2-3,6-7,18H,4-5,8-16H2,1H3. The molecule has 0 radical (unpaired) electrons. The first-order chi connectivity index (χ1) is 12.5. The van der Waals surface area contributed by atoms with E-state index in [9.17, 15) is 8.42 Å². The number of sulfonamides is 1. The fourth-order valence-corrected chi connectivity index (χ4v) is 6.47. The zero-order valence-corrected chi connectivity index (χ0v) is 16.5. The van der Waals surface area contributed by atoms with Crippen LogP contribution in [0.2, 0.25) is 0 Å². The number of ether oxygens (including phenoxy) is 1. The molecule has 0 amide bonds. The van der Waals surface area contributed by atoms with Crippen molar-refractivity contribution in [3.63, 3.8) is 0 Å². The quantitative estimate of drug-likeness (QED) is 0.808. The van der Waals surface area contributed by atoms with E-state index in [0.29, 0.717) is 24.1 Å². The average Bonchev–Trinajstić information content (AvgIpc) is 3.27. The molecule has 1 aromatic carbocycles. The number of likely N-dealkylation sites (tertiary alicyclic amines) is 1. The highest BCUT2D eigenvalue weighted by Crippen LogP contribution is 2.43. The maximum atomic E-state index is 13.0. The minimum atomic E-state index is -3.39. The molecule has 4 rings (SSSR count). The number of piperidine rings is 1. The Kier molecular flexibility index (Phi) is 5.12. The first kappa shape index (κ1) is 18.4. The zero-order chi connectivity index (χ0) is 18.2. The van der Waals surface area contributed by atoms with Crippen LogP contribution in [0, 0.1) is 12.3 Å². The number of nitrogens with zero attached hydrogens (tertiary/aromatic N) is 2. The maximum absolute atomic E-state index is 13.0. The number of hydrogen-bond acceptors (Lipinski definition) is 4. The molecular weight excluding hydrogens is 348 g/mol. The van der Waals surface area contributed by atoms with Gasteiger partial charge < -0.3 is 9.64 Å². The number of hydrogen-bond donors (Lipinski definition) is 0. The van der Waals surface area contributed by atoms with Gasteiger partial charge in [-0.1, -0.05) is 18.2 Å². The molecule has 144 valence electrons. The minimum absolute atomic E-state index is 0.183. The Labute approximate surface area is 157 Å². The summed E-state index contributed by atoms with van der Waals surface area (Å²) in [6, 6.07) is 7.28. The normalized spacial score (nSPS) is 27.3. The topological polar surface area (TPSA) is 49.9 Å². The highest BCUT2D eigenvalue weighted by molar-refractivity contribution is 7.89. The molecule has 6 heteroatoms. The third-order valence-electron chi connectivity index (χ3n) is 6.44. The van der Waals surface area contributed by atoms with Crippen LogP contribution in [0.25, 0.3) is 0 Å². The zero-order valence-electron chi connectivity index (χ0n) is 15.7. The van der Waals surface area contributed by atoms with Gasteiger partial charge in [-0.2, -0.15) is 4.31 Å². The van der Waals surface area contributed by atoms with E-state index in [0.717, 1.165) is 38.0 Å². The SMILES string of the molecule is Cc1ccccc1S(=O)(=O)N1CCC2(CC1)COC(CN1CCCC1)C2. The smallest absolute Gasteiger partial charge is 0.243 e. The van der Waals surface area contributed by atoms with E-state index >= 15 is 0 Å². The first-order valence-electron chi connectivity index (χ1n) is 9.88. The van der Waals surface area contributed by atoms with E-state index in [-0.39, 0.29) is 5.41 Å². The van der Waals surface area contributed by atoms with Crippen molar-refractivity contribution in [3.8, 4) is 0 Å². The van der Waals surface area contributed by atoms with Gasteiger partial charge in [-0.15, -0.1) is 0 Å². The van der Waals surface area contributed by atoms with Gasteiger partial charge in [0.1, 0.15) is 0 Å². The lowest BCUT2D eigenvalue weighted by Gasteiger charge is -2.38. The second-order valence-electron chi connectivity index (χ2n) is 8.31. The van der Waals surface area contributed by atoms with Gasteiger partial charge in [-0.3, -0.25) is 0 Å². The van der Waals surface area contributed by atoms with Crippen molar-refractivity contribution in [3.05, 3.63) is 29.8 Å². The average molecular weight is 379 g/mol. The van der Waals surface area contributed by atoms with Crippen LogP contribution in [0.5, 0.6) is 0 Å². The Morgan fingerprint density at radius 2 is 1.81 bits per heavy atom. The first-order valence-corrected chi connectivity index (χ1v) is 11.3. The van der Waals surface area contributed by atoms with Gasteiger partial charge in [-0.25, -0.2) is 8.42 Å². The Bertz CT molecular complexity index is 735. The Hall–Kier alpha value is -0.950. The molecule has 3 saturated heterocycles. The maximum Gasteiger partial charge on any atom is 0.243 e. The highest BCUT2D eigenvalue weighted by atomic mass is 32.2. The van der Waals surface area contributed by atoms with Crippen LogP contribution in [0.3, 0.4) is 0 Å². The number of aryl methyl sites for hydroxylation is 1. The van der Waals surface area contributed by atoms with E-state index in [1.165, 1.54) is 25.9 Å². The van der Waals surface area contributed by atoms with Crippen molar-refractivity contribution >= 4 is 10.0 Å². The predicted molar refractivity (Wildman–Crippen MR) is 102 cm³/mol. The van der Waals surface area contributed by atoms with Crippen molar-refractivity contribution < 1.29 is 13.2 Å². The van der Waals surface area contributed by atoms with Gasteiger partial charge >= 0.3 is 0 Å². The summed E-state index contributed by atoms with van der Waals surface area (Å²) in [5, 5.41) is 0. The molecule has 1 aromatic rings. The second kappa shape index (κ2) is 7.23. The van der Waals surface area contributed by atoms with Crippen LogP contribution in [0.15, 0.2) is 29.2 Å². The lowest BCUT2D eigenvalue weighted by molar-refractivity contribution is 0.0627. The van der Waals surface area contributed by atoms with Gasteiger partial charge in [0.25, 0.3) is 0 Å². The summed E-state index contributed by atoms with van der Waals surface area (Å²) in [4.78, 5) is 2.96. The molecule has 0 N–H and O–H groups in total. The van der Waals surface area contributed by atoms with E-state index < -0.39 is 10.0 Å². The lowest BCUT2D eigenvalue weighted by Crippen LogP contribution is -2.43. The molecule has 3 heterocycles. The molecule has 0 bridgehead atoms. The Morgan fingerprint density at radius 1 is 1.12 bits per heavy atom. The third kappa shape index (κ3) is 3.57.